The molecule has 0 spiro atoms. The molecule has 1 amide bonds. The second kappa shape index (κ2) is 6.32. The molecule has 1 aliphatic carbocycles. The Kier molecular flexibility index (Phi) is 4.23. The molecule has 0 unspecified atom stereocenters. The summed E-state index contributed by atoms with van der Waals surface area (Å²) in [7, 11) is 0. The third kappa shape index (κ3) is 2.95. The summed E-state index contributed by atoms with van der Waals surface area (Å²) in [5.74, 6) is 1.93. The van der Waals surface area contributed by atoms with E-state index in [9.17, 15) is 4.79 Å². The lowest BCUT2D eigenvalue weighted by Gasteiger charge is -2.47. The van der Waals surface area contributed by atoms with E-state index in [0.717, 1.165) is 44.4 Å². The van der Waals surface area contributed by atoms with E-state index in [1.54, 1.807) is 0 Å². The van der Waals surface area contributed by atoms with Gasteiger partial charge in [-0.15, -0.1) is 11.3 Å². The topological polar surface area (TPSA) is 23.6 Å². The first kappa shape index (κ1) is 14.7. The maximum atomic E-state index is 13.0. The Morgan fingerprint density at radius 2 is 2.09 bits per heavy atom. The zero-order chi connectivity index (χ0) is 14.9. The summed E-state index contributed by atoms with van der Waals surface area (Å²) in [6, 6.07) is 4.46. The smallest absolute Gasteiger partial charge is 0.239 e. The molecule has 120 valence electrons. The number of likely N-dealkylation sites (tertiary alicyclic amines) is 2. The lowest BCUT2D eigenvalue weighted by molar-refractivity contribution is -0.146. The van der Waals surface area contributed by atoms with E-state index in [1.807, 2.05) is 11.3 Å². The van der Waals surface area contributed by atoms with Gasteiger partial charge in [-0.05, 0) is 55.5 Å². The second-order valence-electron chi connectivity index (χ2n) is 7.35. The van der Waals surface area contributed by atoms with Crippen molar-refractivity contribution in [2.75, 3.05) is 19.6 Å². The number of carbonyl (C=O) groups is 1. The molecular formula is C18H26N2OS. The van der Waals surface area contributed by atoms with Gasteiger partial charge in [0.1, 0.15) is 0 Å². The molecule has 2 aliphatic heterocycles. The summed E-state index contributed by atoms with van der Waals surface area (Å²) >= 11 is 1.81. The number of nitrogens with zero attached hydrogens (tertiary/aromatic N) is 2. The van der Waals surface area contributed by atoms with Gasteiger partial charge in [0.2, 0.25) is 5.91 Å². The van der Waals surface area contributed by atoms with E-state index >= 15 is 0 Å². The zero-order valence-corrected chi connectivity index (χ0v) is 14.1. The van der Waals surface area contributed by atoms with Gasteiger partial charge in [-0.3, -0.25) is 9.69 Å². The van der Waals surface area contributed by atoms with E-state index in [4.69, 9.17) is 0 Å². The standard InChI is InChI=1S/C18H26N2OS/c21-18-17-10-15(12-20(18)11-14-4-1-2-5-14)7-8-19(17)13-16-6-3-9-22-16/h3,6,9,14-15,17H,1-2,4-5,7-8,10-13H2/t15-,17+/m0/s1. The van der Waals surface area contributed by atoms with E-state index < -0.39 is 0 Å². The van der Waals surface area contributed by atoms with Gasteiger partial charge in [0.15, 0.2) is 0 Å². The molecule has 3 fully saturated rings. The Labute approximate surface area is 137 Å². The fourth-order valence-electron chi connectivity index (χ4n) is 4.58. The Balaban J connectivity index is 1.44. The van der Waals surface area contributed by atoms with Gasteiger partial charge in [-0.25, -0.2) is 0 Å². The molecule has 0 radical (unpaired) electrons. The van der Waals surface area contributed by atoms with Crippen molar-refractivity contribution in [3.8, 4) is 0 Å². The molecule has 0 aromatic carbocycles. The number of rotatable bonds is 4. The van der Waals surface area contributed by atoms with Crippen LogP contribution in [0.25, 0.3) is 0 Å². The van der Waals surface area contributed by atoms with Crippen molar-refractivity contribution in [1.29, 1.82) is 0 Å². The highest BCUT2D eigenvalue weighted by molar-refractivity contribution is 7.09. The zero-order valence-electron chi connectivity index (χ0n) is 13.2. The highest BCUT2D eigenvalue weighted by atomic mass is 32.1. The van der Waals surface area contributed by atoms with Crippen LogP contribution in [-0.4, -0.2) is 41.4 Å². The van der Waals surface area contributed by atoms with E-state index in [0.29, 0.717) is 5.91 Å². The first-order valence-corrected chi connectivity index (χ1v) is 9.73. The fourth-order valence-corrected chi connectivity index (χ4v) is 5.31. The average Bonchev–Trinajstić information content (AvgIpc) is 3.20. The highest BCUT2D eigenvalue weighted by Crippen LogP contribution is 2.33. The van der Waals surface area contributed by atoms with Crippen LogP contribution in [0, 0.1) is 11.8 Å². The van der Waals surface area contributed by atoms with Crippen LogP contribution in [-0.2, 0) is 11.3 Å². The minimum atomic E-state index is 0.149. The first-order valence-electron chi connectivity index (χ1n) is 8.85. The molecule has 4 heteroatoms. The van der Waals surface area contributed by atoms with Crippen molar-refractivity contribution < 1.29 is 4.79 Å². The lowest BCUT2D eigenvalue weighted by atomic mass is 9.85. The molecular weight excluding hydrogens is 292 g/mol. The molecule has 3 aliphatic rings. The molecule has 4 rings (SSSR count). The van der Waals surface area contributed by atoms with Crippen molar-refractivity contribution in [1.82, 2.24) is 9.80 Å². The quantitative estimate of drug-likeness (QED) is 0.850. The maximum absolute atomic E-state index is 13.0. The molecule has 1 saturated carbocycles. The summed E-state index contributed by atoms with van der Waals surface area (Å²) in [6.45, 7) is 4.10. The maximum Gasteiger partial charge on any atom is 0.239 e. The van der Waals surface area contributed by atoms with Crippen molar-refractivity contribution >= 4 is 17.2 Å². The summed E-state index contributed by atoms with van der Waals surface area (Å²) in [6.07, 6.45) is 7.74. The number of amides is 1. The van der Waals surface area contributed by atoms with Crippen molar-refractivity contribution in [2.45, 2.75) is 51.1 Å². The molecule has 2 saturated heterocycles. The van der Waals surface area contributed by atoms with Gasteiger partial charge >= 0.3 is 0 Å². The van der Waals surface area contributed by atoms with Crippen LogP contribution in [0.2, 0.25) is 0 Å². The van der Waals surface area contributed by atoms with Crippen LogP contribution in [0.4, 0.5) is 0 Å². The summed E-state index contributed by atoms with van der Waals surface area (Å²) in [4.78, 5) is 19.0. The number of hydrogen-bond acceptors (Lipinski definition) is 3. The van der Waals surface area contributed by atoms with Crippen LogP contribution in [0.3, 0.4) is 0 Å². The van der Waals surface area contributed by atoms with Gasteiger partial charge in [0.25, 0.3) is 0 Å². The third-order valence-electron chi connectivity index (χ3n) is 5.79. The Hall–Kier alpha value is -0.870. The monoisotopic (exact) mass is 318 g/mol. The molecule has 3 heterocycles. The lowest BCUT2D eigenvalue weighted by Crippen LogP contribution is -2.59. The minimum Gasteiger partial charge on any atom is -0.341 e. The minimum absolute atomic E-state index is 0.149. The Bertz CT molecular complexity index is 509. The molecule has 1 aromatic rings. The molecule has 22 heavy (non-hydrogen) atoms. The van der Waals surface area contributed by atoms with Crippen molar-refractivity contribution in [2.24, 2.45) is 11.8 Å². The largest absolute Gasteiger partial charge is 0.341 e. The Morgan fingerprint density at radius 1 is 1.23 bits per heavy atom. The Morgan fingerprint density at radius 3 is 2.86 bits per heavy atom. The van der Waals surface area contributed by atoms with Gasteiger partial charge in [0, 0.05) is 24.5 Å². The number of carbonyl (C=O) groups excluding carboxylic acids is 1. The molecule has 2 atom stereocenters. The van der Waals surface area contributed by atoms with Crippen LogP contribution < -0.4 is 0 Å². The van der Waals surface area contributed by atoms with E-state index in [1.165, 1.54) is 37.0 Å². The average molecular weight is 318 g/mol. The third-order valence-corrected chi connectivity index (χ3v) is 6.65. The number of piperidine rings is 2. The number of fused-ring (bicyclic) bond motifs is 2. The van der Waals surface area contributed by atoms with Crippen LogP contribution >= 0.6 is 11.3 Å². The summed E-state index contributed by atoms with van der Waals surface area (Å²) in [5.41, 5.74) is 0. The summed E-state index contributed by atoms with van der Waals surface area (Å²) in [5, 5.41) is 2.14. The molecule has 1 aromatic heterocycles. The number of thiophene rings is 1. The molecule has 3 nitrogen and oxygen atoms in total. The van der Waals surface area contributed by atoms with Crippen LogP contribution in [0.1, 0.15) is 43.4 Å². The predicted octanol–water partition coefficient (Wildman–Crippen LogP) is 3.36. The van der Waals surface area contributed by atoms with Crippen molar-refractivity contribution in [3.63, 3.8) is 0 Å². The van der Waals surface area contributed by atoms with Crippen LogP contribution in [0.5, 0.6) is 0 Å². The number of hydrogen-bond donors (Lipinski definition) is 0. The summed E-state index contributed by atoms with van der Waals surface area (Å²) < 4.78 is 0. The molecule has 0 N–H and O–H groups in total. The predicted molar refractivity (Wildman–Crippen MR) is 89.8 cm³/mol. The molecule has 2 bridgehead atoms. The van der Waals surface area contributed by atoms with Crippen molar-refractivity contribution in [3.05, 3.63) is 22.4 Å². The SMILES string of the molecule is O=C1[C@H]2C[C@H](CCN2Cc2cccs2)CN1CC1CCCC1. The van der Waals surface area contributed by atoms with E-state index in [-0.39, 0.29) is 6.04 Å². The van der Waals surface area contributed by atoms with Crippen LogP contribution in [0.15, 0.2) is 17.5 Å². The first-order chi connectivity index (χ1) is 10.8. The van der Waals surface area contributed by atoms with Gasteiger partial charge < -0.3 is 4.90 Å². The van der Waals surface area contributed by atoms with Gasteiger partial charge in [-0.2, -0.15) is 0 Å². The van der Waals surface area contributed by atoms with E-state index in [2.05, 4.69) is 27.3 Å². The second-order valence-corrected chi connectivity index (χ2v) is 8.38. The normalized spacial score (nSPS) is 30.2. The fraction of sp³-hybridized carbons (Fsp3) is 0.722. The highest BCUT2D eigenvalue weighted by Gasteiger charge is 2.41. The van der Waals surface area contributed by atoms with Gasteiger partial charge in [0.05, 0.1) is 6.04 Å². The van der Waals surface area contributed by atoms with Gasteiger partial charge in [-0.1, -0.05) is 18.9 Å².